The molecule has 0 unspecified atom stereocenters. The first-order valence-corrected chi connectivity index (χ1v) is 15.2. The zero-order valence-electron chi connectivity index (χ0n) is 25.5. The molecular weight excluding hydrogens is 640 g/mol. The number of alkyl carbamates (subject to hydrolysis) is 1. The first kappa shape index (κ1) is 35.0. The van der Waals surface area contributed by atoms with Gasteiger partial charge in [-0.2, -0.15) is 31.3 Å². The molecule has 2 amide bonds. The fourth-order valence-corrected chi connectivity index (χ4v) is 5.63. The van der Waals surface area contributed by atoms with Gasteiger partial charge in [0, 0.05) is 36.3 Å². The Bertz CT molecular complexity index is 1510. The zero-order valence-corrected chi connectivity index (χ0v) is 26.3. The van der Waals surface area contributed by atoms with Crippen LogP contribution in [0.15, 0.2) is 46.3 Å². The number of carbonyl (C=O) groups is 2. The molecule has 250 valence electrons. The summed E-state index contributed by atoms with van der Waals surface area (Å²) in [5.74, 6) is -0.0468. The molecule has 2 aromatic carbocycles. The van der Waals surface area contributed by atoms with Crippen LogP contribution in [0.5, 0.6) is 11.5 Å². The summed E-state index contributed by atoms with van der Waals surface area (Å²) in [7, 11) is 0. The Morgan fingerprint density at radius 3 is 2.33 bits per heavy atom. The average Bonchev–Trinajstić information content (AvgIpc) is 3.31. The van der Waals surface area contributed by atoms with Crippen LogP contribution in [0.4, 0.5) is 31.1 Å². The number of alkyl halides is 6. The van der Waals surface area contributed by atoms with E-state index in [2.05, 4.69) is 10.3 Å². The van der Waals surface area contributed by atoms with Gasteiger partial charge in [-0.25, -0.2) is 4.79 Å². The van der Waals surface area contributed by atoms with Crippen LogP contribution in [0.2, 0.25) is 0 Å². The average molecular weight is 674 g/mol. The molecule has 0 radical (unpaired) electrons. The molecule has 1 saturated heterocycles. The number of piperidine rings is 1. The Morgan fingerprint density at radius 2 is 1.72 bits per heavy atom. The number of amidine groups is 1. The molecule has 0 spiro atoms. The molecule has 2 heterocycles. The second-order valence-electron chi connectivity index (χ2n) is 11.5. The number of hydrogen-bond acceptors (Lipinski definition) is 7. The van der Waals surface area contributed by atoms with Gasteiger partial charge < -0.3 is 24.4 Å². The number of nitrogens with zero attached hydrogens (tertiary/aromatic N) is 2. The third-order valence-electron chi connectivity index (χ3n) is 6.80. The highest BCUT2D eigenvalue weighted by molar-refractivity contribution is 8.18. The van der Waals surface area contributed by atoms with E-state index < -0.39 is 53.3 Å². The van der Waals surface area contributed by atoms with Crippen molar-refractivity contribution in [2.75, 3.05) is 19.7 Å². The summed E-state index contributed by atoms with van der Waals surface area (Å²) >= 11 is 1.19. The Hall–Kier alpha value is -3.88. The molecule has 46 heavy (non-hydrogen) atoms. The predicted octanol–water partition coefficient (Wildman–Crippen LogP) is 7.66. The second-order valence-corrected chi connectivity index (χ2v) is 12.5. The number of likely N-dealkylation sites (tertiary alicyclic amines) is 1. The highest BCUT2D eigenvalue weighted by Gasteiger charge is 2.38. The summed E-state index contributed by atoms with van der Waals surface area (Å²) in [6.07, 6.45) is -7.57. The van der Waals surface area contributed by atoms with Crippen LogP contribution in [0, 0.1) is 0 Å². The molecule has 1 N–H and O–H groups in total. The molecule has 0 aromatic heterocycles. The fraction of sp³-hybridized carbons (Fsp3) is 0.452. The largest absolute Gasteiger partial charge is 0.493 e. The molecule has 0 aliphatic carbocycles. The van der Waals surface area contributed by atoms with Crippen LogP contribution < -0.4 is 14.8 Å². The van der Waals surface area contributed by atoms with Gasteiger partial charge in [0.25, 0.3) is 5.91 Å². The number of benzene rings is 2. The smallest absolute Gasteiger partial charge is 0.416 e. The van der Waals surface area contributed by atoms with E-state index in [0.29, 0.717) is 47.6 Å². The van der Waals surface area contributed by atoms with Gasteiger partial charge in [0.15, 0.2) is 5.17 Å². The quantitative estimate of drug-likeness (QED) is 0.239. The number of aliphatic imine (C=N–C) groups is 1. The van der Waals surface area contributed by atoms with E-state index in [-0.39, 0.29) is 30.2 Å². The Kier molecular flexibility index (Phi) is 10.5. The third-order valence-corrected chi connectivity index (χ3v) is 7.85. The minimum Gasteiger partial charge on any atom is -0.493 e. The monoisotopic (exact) mass is 673 g/mol. The Labute approximate surface area is 266 Å². The Balaban J connectivity index is 1.41. The molecule has 4 rings (SSSR count). The maximum atomic E-state index is 13.5. The number of halogens is 6. The van der Waals surface area contributed by atoms with Gasteiger partial charge in [0.1, 0.15) is 23.7 Å². The lowest BCUT2D eigenvalue weighted by Gasteiger charge is -2.33. The summed E-state index contributed by atoms with van der Waals surface area (Å²) < 4.78 is 96.1. The topological polar surface area (TPSA) is 89.5 Å². The first-order valence-electron chi connectivity index (χ1n) is 14.4. The molecular formula is C31H33F6N3O5S. The normalized spacial score (nSPS) is 17.3. The van der Waals surface area contributed by atoms with Crippen molar-refractivity contribution in [3.8, 4) is 11.5 Å². The van der Waals surface area contributed by atoms with E-state index in [1.807, 2.05) is 4.90 Å². The van der Waals surface area contributed by atoms with Crippen LogP contribution in [0.25, 0.3) is 6.08 Å². The minimum atomic E-state index is -5.02. The van der Waals surface area contributed by atoms with Gasteiger partial charge >= 0.3 is 18.4 Å². The van der Waals surface area contributed by atoms with Crippen LogP contribution >= 0.6 is 11.8 Å². The van der Waals surface area contributed by atoms with Gasteiger partial charge in [-0.3, -0.25) is 4.79 Å². The maximum Gasteiger partial charge on any atom is 0.416 e. The lowest BCUT2D eigenvalue weighted by Crippen LogP contribution is -2.47. The van der Waals surface area contributed by atoms with Crippen molar-refractivity contribution in [1.29, 1.82) is 0 Å². The minimum absolute atomic E-state index is 0.0649. The van der Waals surface area contributed by atoms with Crippen molar-refractivity contribution in [3.63, 3.8) is 0 Å². The number of ether oxygens (including phenoxy) is 3. The van der Waals surface area contributed by atoms with Crippen molar-refractivity contribution in [2.24, 2.45) is 4.99 Å². The van der Waals surface area contributed by atoms with E-state index >= 15 is 0 Å². The SMILES string of the molecule is CCOc1cc(OCc2ccc(C(F)(F)F)cc2C(F)(F)F)ccc1C=C1SC(N2CCC(NC(=O)OC(C)(C)C)CC2)=NC1=O. The van der Waals surface area contributed by atoms with Crippen LogP contribution in [0.1, 0.15) is 62.8 Å². The van der Waals surface area contributed by atoms with E-state index in [4.69, 9.17) is 14.2 Å². The lowest BCUT2D eigenvalue weighted by molar-refractivity contribution is -0.143. The molecule has 2 aliphatic rings. The molecule has 2 aromatic rings. The summed E-state index contributed by atoms with van der Waals surface area (Å²) in [5.41, 5.74) is -3.43. The highest BCUT2D eigenvalue weighted by atomic mass is 32.2. The van der Waals surface area contributed by atoms with Crippen molar-refractivity contribution in [2.45, 2.75) is 71.1 Å². The van der Waals surface area contributed by atoms with Crippen molar-refractivity contribution >= 4 is 35.0 Å². The Morgan fingerprint density at radius 1 is 1.02 bits per heavy atom. The van der Waals surface area contributed by atoms with Crippen molar-refractivity contribution in [3.05, 3.63) is 63.6 Å². The van der Waals surface area contributed by atoms with Gasteiger partial charge in [0.2, 0.25) is 0 Å². The number of amides is 2. The summed E-state index contributed by atoms with van der Waals surface area (Å²) in [5, 5.41) is 3.40. The number of thioether (sulfide) groups is 1. The second kappa shape index (κ2) is 13.9. The molecule has 2 aliphatic heterocycles. The van der Waals surface area contributed by atoms with Crippen LogP contribution in [-0.4, -0.2) is 53.4 Å². The number of rotatable bonds is 7. The summed E-state index contributed by atoms with van der Waals surface area (Å²) in [4.78, 5) is 31.3. The number of hydrogen-bond donors (Lipinski definition) is 1. The third kappa shape index (κ3) is 9.33. The molecule has 0 saturated carbocycles. The predicted molar refractivity (Wildman–Crippen MR) is 160 cm³/mol. The molecule has 15 heteroatoms. The molecule has 1 fully saturated rings. The maximum absolute atomic E-state index is 13.5. The fourth-order valence-electron chi connectivity index (χ4n) is 4.67. The van der Waals surface area contributed by atoms with Gasteiger partial charge in [-0.15, -0.1) is 0 Å². The summed E-state index contributed by atoms with van der Waals surface area (Å²) in [6, 6.07) is 5.76. The number of nitrogens with one attached hydrogen (secondary N) is 1. The lowest BCUT2D eigenvalue weighted by atomic mass is 10.0. The van der Waals surface area contributed by atoms with Crippen molar-refractivity contribution < 1.29 is 50.1 Å². The van der Waals surface area contributed by atoms with E-state index in [1.165, 1.54) is 23.9 Å². The molecule has 0 bridgehead atoms. The molecule has 8 nitrogen and oxygen atoms in total. The van der Waals surface area contributed by atoms with Gasteiger partial charge in [-0.05, 0) is 82.6 Å². The zero-order chi connectivity index (χ0) is 33.9. The van der Waals surface area contributed by atoms with Crippen molar-refractivity contribution in [1.82, 2.24) is 10.2 Å². The van der Waals surface area contributed by atoms with E-state index in [9.17, 15) is 35.9 Å². The van der Waals surface area contributed by atoms with Crippen LogP contribution in [0.3, 0.4) is 0 Å². The van der Waals surface area contributed by atoms with Crippen LogP contribution in [-0.2, 0) is 28.5 Å². The van der Waals surface area contributed by atoms with E-state index in [1.54, 1.807) is 39.8 Å². The first-order chi connectivity index (χ1) is 21.4. The summed E-state index contributed by atoms with van der Waals surface area (Å²) in [6.45, 7) is 7.80. The standard InChI is InChI=1S/C31H33F6N3O5S/c1-5-43-24-16-22(44-17-19-6-8-20(30(32,33)34)15-23(19)31(35,36)37)9-7-18(24)14-25-26(41)39-27(46-25)40-12-10-21(11-13-40)38-28(42)45-29(2,3)4/h6-9,14-16,21H,5,10-13,17H2,1-4H3,(H,38,42). The van der Waals surface area contributed by atoms with Gasteiger partial charge in [-0.1, -0.05) is 6.07 Å². The van der Waals surface area contributed by atoms with E-state index in [0.717, 1.165) is 6.07 Å². The highest BCUT2D eigenvalue weighted by Crippen LogP contribution is 2.38. The van der Waals surface area contributed by atoms with Gasteiger partial charge in [0.05, 0.1) is 22.6 Å². The number of carbonyl (C=O) groups excluding carboxylic acids is 2. The molecule has 0 atom stereocenters.